The van der Waals surface area contributed by atoms with Crippen LogP contribution >= 0.6 is 0 Å². The molecule has 0 saturated heterocycles. The third-order valence-corrected chi connectivity index (χ3v) is 5.76. The van der Waals surface area contributed by atoms with Gasteiger partial charge in [0.1, 0.15) is 0 Å². The Hall–Kier alpha value is -1.85. The summed E-state index contributed by atoms with van der Waals surface area (Å²) in [4.78, 5) is 10.8. The maximum Gasteiger partial charge on any atom is 0.303 e. The molecule has 5 heteroatoms. The first-order chi connectivity index (χ1) is 14.9. The van der Waals surface area contributed by atoms with Gasteiger partial charge in [0.25, 0.3) is 0 Å². The van der Waals surface area contributed by atoms with Crippen molar-refractivity contribution in [3.8, 4) is 0 Å². The van der Waals surface area contributed by atoms with E-state index in [-0.39, 0.29) is 19.1 Å². The van der Waals surface area contributed by atoms with E-state index in [0.717, 1.165) is 63.5 Å². The zero-order valence-electron chi connectivity index (χ0n) is 19.6. The van der Waals surface area contributed by atoms with Crippen LogP contribution in [0.1, 0.15) is 94.4 Å². The minimum atomic E-state index is -0.749. The van der Waals surface area contributed by atoms with E-state index in [1.54, 1.807) is 0 Å². The molecule has 1 aromatic heterocycles. The highest BCUT2D eigenvalue weighted by atomic mass is 16.4. The van der Waals surface area contributed by atoms with E-state index in [1.807, 2.05) is 0 Å². The number of aromatic nitrogens is 1. The lowest BCUT2D eigenvalue weighted by Gasteiger charge is -2.12. The summed E-state index contributed by atoms with van der Waals surface area (Å²) < 4.78 is 2.30. The van der Waals surface area contributed by atoms with Gasteiger partial charge < -0.3 is 19.9 Å². The SMILES string of the molecule is C=C(CCCCC(=O)O)c1c(CCC(O)CC=CCC)cn(CCCCCCO)c1C. The Labute approximate surface area is 188 Å². The molecule has 0 spiro atoms. The van der Waals surface area contributed by atoms with E-state index >= 15 is 0 Å². The second kappa shape index (κ2) is 15.9. The van der Waals surface area contributed by atoms with Gasteiger partial charge in [0.15, 0.2) is 0 Å². The summed E-state index contributed by atoms with van der Waals surface area (Å²) in [7, 11) is 0. The highest BCUT2D eigenvalue weighted by Gasteiger charge is 2.16. The Morgan fingerprint density at radius 3 is 2.52 bits per heavy atom. The average molecular weight is 434 g/mol. The smallest absolute Gasteiger partial charge is 0.303 e. The van der Waals surface area contributed by atoms with Crippen molar-refractivity contribution in [1.82, 2.24) is 4.57 Å². The van der Waals surface area contributed by atoms with Crippen molar-refractivity contribution in [2.24, 2.45) is 0 Å². The molecule has 0 aromatic carbocycles. The fourth-order valence-corrected chi connectivity index (χ4v) is 3.98. The van der Waals surface area contributed by atoms with Crippen LogP contribution < -0.4 is 0 Å². The number of carboxylic acid groups (broad SMARTS) is 1. The molecule has 5 nitrogen and oxygen atoms in total. The number of carbonyl (C=O) groups is 1. The average Bonchev–Trinajstić information content (AvgIpc) is 3.05. The van der Waals surface area contributed by atoms with E-state index in [2.05, 4.69) is 43.3 Å². The molecular weight excluding hydrogens is 390 g/mol. The van der Waals surface area contributed by atoms with Gasteiger partial charge in [-0.1, -0.05) is 38.5 Å². The zero-order valence-corrected chi connectivity index (χ0v) is 19.6. The molecule has 0 aliphatic heterocycles. The number of aliphatic hydroxyl groups excluding tert-OH is 2. The standard InChI is InChI=1S/C26H43NO4/c1-4-5-8-14-24(29)17-16-23-20-27(18-11-6-7-12-19-28)22(3)26(23)21(2)13-9-10-15-25(30)31/h5,8,20,24,28-29H,2,4,6-7,9-19H2,1,3H3,(H,30,31). The second-order valence-electron chi connectivity index (χ2n) is 8.46. The zero-order chi connectivity index (χ0) is 23.1. The molecule has 176 valence electrons. The molecule has 0 radical (unpaired) electrons. The Kier molecular flexibility index (Phi) is 13.9. The molecule has 1 unspecified atom stereocenters. The molecule has 1 aromatic rings. The summed E-state index contributed by atoms with van der Waals surface area (Å²) in [5, 5.41) is 28.1. The van der Waals surface area contributed by atoms with Gasteiger partial charge in [0.2, 0.25) is 0 Å². The van der Waals surface area contributed by atoms with E-state index in [1.165, 1.54) is 16.8 Å². The Balaban J connectivity index is 2.82. The molecule has 3 N–H and O–H groups in total. The summed E-state index contributed by atoms with van der Waals surface area (Å²) in [5.41, 5.74) is 4.70. The van der Waals surface area contributed by atoms with Crippen LogP contribution in [0.25, 0.3) is 5.57 Å². The molecule has 31 heavy (non-hydrogen) atoms. The van der Waals surface area contributed by atoms with Crippen molar-refractivity contribution in [1.29, 1.82) is 0 Å². The normalized spacial score (nSPS) is 12.5. The molecule has 1 heterocycles. The van der Waals surface area contributed by atoms with Crippen LogP contribution in [0.3, 0.4) is 0 Å². The van der Waals surface area contributed by atoms with E-state index in [9.17, 15) is 9.90 Å². The van der Waals surface area contributed by atoms with Crippen LogP contribution in [0.2, 0.25) is 0 Å². The van der Waals surface area contributed by atoms with Crippen LogP contribution in [0, 0.1) is 6.92 Å². The van der Waals surface area contributed by atoms with Crippen LogP contribution in [0.4, 0.5) is 0 Å². The van der Waals surface area contributed by atoms with Crippen LogP contribution in [0.5, 0.6) is 0 Å². The van der Waals surface area contributed by atoms with Gasteiger partial charge in [-0.25, -0.2) is 0 Å². The summed E-state index contributed by atoms with van der Waals surface area (Å²) in [5.74, 6) is -0.749. The van der Waals surface area contributed by atoms with Crippen LogP contribution in [-0.2, 0) is 17.8 Å². The number of hydrogen-bond acceptors (Lipinski definition) is 3. The fourth-order valence-electron chi connectivity index (χ4n) is 3.98. The number of aryl methyl sites for hydroxylation is 2. The van der Waals surface area contributed by atoms with Crippen molar-refractivity contribution in [3.05, 3.63) is 41.7 Å². The monoisotopic (exact) mass is 433 g/mol. The maximum absolute atomic E-state index is 10.8. The van der Waals surface area contributed by atoms with Crippen molar-refractivity contribution in [3.63, 3.8) is 0 Å². The summed E-state index contributed by atoms with van der Waals surface area (Å²) in [6.45, 7) is 9.75. The third-order valence-electron chi connectivity index (χ3n) is 5.76. The molecule has 0 aliphatic rings. The van der Waals surface area contributed by atoms with Crippen LogP contribution in [0.15, 0.2) is 24.9 Å². The lowest BCUT2D eigenvalue weighted by Crippen LogP contribution is -2.07. The highest BCUT2D eigenvalue weighted by molar-refractivity contribution is 5.69. The highest BCUT2D eigenvalue weighted by Crippen LogP contribution is 2.30. The predicted octanol–water partition coefficient (Wildman–Crippen LogP) is 5.66. The maximum atomic E-state index is 10.8. The Bertz CT molecular complexity index is 690. The van der Waals surface area contributed by atoms with Gasteiger partial charge in [-0.3, -0.25) is 4.79 Å². The lowest BCUT2D eigenvalue weighted by molar-refractivity contribution is -0.137. The molecule has 0 aliphatic carbocycles. The Morgan fingerprint density at radius 2 is 1.84 bits per heavy atom. The fraction of sp³-hybridized carbons (Fsp3) is 0.654. The number of aliphatic hydroxyl groups is 2. The first kappa shape index (κ1) is 27.2. The van der Waals surface area contributed by atoms with Gasteiger partial charge in [-0.05, 0) is 75.8 Å². The number of unbranched alkanes of at least 4 members (excludes halogenated alkanes) is 4. The molecule has 0 saturated carbocycles. The van der Waals surface area contributed by atoms with Gasteiger partial charge in [0.05, 0.1) is 6.10 Å². The minimum absolute atomic E-state index is 0.200. The van der Waals surface area contributed by atoms with Gasteiger partial charge >= 0.3 is 5.97 Å². The number of nitrogens with zero attached hydrogens (tertiary/aromatic N) is 1. The summed E-state index contributed by atoms with van der Waals surface area (Å²) in [6.07, 6.45) is 15.8. The Morgan fingerprint density at radius 1 is 1.13 bits per heavy atom. The first-order valence-corrected chi connectivity index (χ1v) is 11.9. The summed E-state index contributed by atoms with van der Waals surface area (Å²) >= 11 is 0. The van der Waals surface area contributed by atoms with Crippen molar-refractivity contribution in [2.75, 3.05) is 6.61 Å². The quantitative estimate of drug-likeness (QED) is 0.206. The van der Waals surface area contributed by atoms with Gasteiger partial charge in [0, 0.05) is 37.0 Å². The van der Waals surface area contributed by atoms with Gasteiger partial charge in [-0.2, -0.15) is 0 Å². The summed E-state index contributed by atoms with van der Waals surface area (Å²) in [6, 6.07) is 0. The van der Waals surface area contributed by atoms with Crippen molar-refractivity contribution < 1.29 is 20.1 Å². The predicted molar refractivity (Wildman–Crippen MR) is 128 cm³/mol. The number of allylic oxidation sites excluding steroid dienone is 2. The van der Waals surface area contributed by atoms with Gasteiger partial charge in [-0.15, -0.1) is 0 Å². The van der Waals surface area contributed by atoms with E-state index in [0.29, 0.717) is 19.3 Å². The third kappa shape index (κ3) is 10.8. The second-order valence-corrected chi connectivity index (χ2v) is 8.46. The lowest BCUT2D eigenvalue weighted by atomic mass is 9.95. The van der Waals surface area contributed by atoms with Crippen molar-refractivity contribution in [2.45, 2.75) is 104 Å². The number of hydrogen-bond donors (Lipinski definition) is 3. The number of aliphatic carboxylic acids is 1. The molecular formula is C26H43NO4. The molecule has 1 atom stereocenters. The topological polar surface area (TPSA) is 82.7 Å². The molecule has 0 bridgehead atoms. The van der Waals surface area contributed by atoms with E-state index in [4.69, 9.17) is 10.2 Å². The van der Waals surface area contributed by atoms with Crippen LogP contribution in [-0.4, -0.2) is 38.6 Å². The number of carboxylic acids is 1. The molecule has 0 amide bonds. The van der Waals surface area contributed by atoms with Crippen molar-refractivity contribution >= 4 is 11.5 Å². The largest absolute Gasteiger partial charge is 0.481 e. The molecule has 1 rings (SSSR count). The molecule has 0 fully saturated rings. The number of rotatable bonds is 18. The first-order valence-electron chi connectivity index (χ1n) is 11.9. The minimum Gasteiger partial charge on any atom is -0.481 e. The van der Waals surface area contributed by atoms with E-state index < -0.39 is 5.97 Å².